The van der Waals surface area contributed by atoms with Crippen molar-refractivity contribution in [1.82, 2.24) is 4.90 Å². The van der Waals surface area contributed by atoms with Crippen molar-refractivity contribution < 1.29 is 14.3 Å². The molecule has 35 heavy (non-hydrogen) atoms. The van der Waals surface area contributed by atoms with E-state index >= 15 is 0 Å². The maximum Gasteiger partial charge on any atom is 0.410 e. The summed E-state index contributed by atoms with van der Waals surface area (Å²) in [4.78, 5) is 18.4. The highest BCUT2D eigenvalue weighted by molar-refractivity contribution is 8.14. The predicted molar refractivity (Wildman–Crippen MR) is 154 cm³/mol. The van der Waals surface area contributed by atoms with Crippen molar-refractivity contribution in [2.24, 2.45) is 10.7 Å². The van der Waals surface area contributed by atoms with Crippen molar-refractivity contribution in [2.75, 3.05) is 24.2 Å². The summed E-state index contributed by atoms with van der Waals surface area (Å²) in [6.07, 6.45) is 7.74. The van der Waals surface area contributed by atoms with Crippen molar-refractivity contribution in [3.05, 3.63) is 24.3 Å². The van der Waals surface area contributed by atoms with Crippen LogP contribution in [0.5, 0.6) is 5.75 Å². The number of hydrogen-bond donors (Lipinski definition) is 2. The highest BCUT2D eigenvalue weighted by Gasteiger charge is 2.29. The van der Waals surface area contributed by atoms with Gasteiger partial charge in [-0.25, -0.2) is 4.79 Å². The number of thiocarbonyl (C=S) groups is 1. The van der Waals surface area contributed by atoms with E-state index in [-0.39, 0.29) is 17.4 Å². The number of hydrogen-bond acceptors (Lipinski definition) is 5. The van der Waals surface area contributed by atoms with Crippen LogP contribution in [0.1, 0.15) is 65.7 Å². The molecule has 0 radical (unpaired) electrons. The van der Waals surface area contributed by atoms with Gasteiger partial charge in [0.05, 0.1) is 6.54 Å². The summed E-state index contributed by atoms with van der Waals surface area (Å²) < 4.78 is 11.6. The molecule has 1 saturated heterocycles. The Morgan fingerprint density at radius 2 is 1.94 bits per heavy atom. The van der Waals surface area contributed by atoms with Gasteiger partial charge in [-0.1, -0.05) is 31.0 Å². The number of anilines is 1. The topological polar surface area (TPSA) is 89.2 Å². The molecule has 3 N–H and O–H groups in total. The number of benzene rings is 1. The number of piperidine rings is 1. The molecule has 1 aromatic carbocycles. The molecule has 7 nitrogen and oxygen atoms in total. The Hall–Kier alpha value is -1.57. The van der Waals surface area contributed by atoms with Crippen LogP contribution >= 0.6 is 33.2 Å². The van der Waals surface area contributed by atoms with E-state index in [1.165, 1.54) is 32.1 Å². The van der Waals surface area contributed by atoms with E-state index < -0.39 is 5.60 Å². The largest absolute Gasteiger partial charge is 0.489 e. The van der Waals surface area contributed by atoms with E-state index in [4.69, 9.17) is 27.4 Å². The van der Waals surface area contributed by atoms with Gasteiger partial charge in [-0.2, -0.15) is 4.99 Å². The van der Waals surface area contributed by atoms with Gasteiger partial charge in [-0.15, -0.1) is 9.24 Å². The number of amides is 1. The van der Waals surface area contributed by atoms with Crippen LogP contribution in [-0.2, 0) is 4.74 Å². The minimum Gasteiger partial charge on any atom is -0.489 e. The molecule has 10 heteroatoms. The molecule has 1 aromatic rings. The maximum atomic E-state index is 12.4. The molecule has 3 rings (SSSR count). The van der Waals surface area contributed by atoms with Crippen molar-refractivity contribution in [2.45, 2.75) is 82.6 Å². The van der Waals surface area contributed by atoms with Crippen molar-refractivity contribution >= 4 is 55.3 Å². The summed E-state index contributed by atoms with van der Waals surface area (Å²) in [5.74, 6) is 1.68. The minimum atomic E-state index is -0.506. The summed E-state index contributed by atoms with van der Waals surface area (Å²) in [5, 5.41) is 4.20. The van der Waals surface area contributed by atoms with Gasteiger partial charge in [0.2, 0.25) is 0 Å². The Balaban J connectivity index is 1.45. The highest BCUT2D eigenvalue weighted by atomic mass is 32.2. The monoisotopic (exact) mass is 538 g/mol. The van der Waals surface area contributed by atoms with Gasteiger partial charge >= 0.3 is 6.09 Å². The first-order chi connectivity index (χ1) is 16.5. The summed E-state index contributed by atoms with van der Waals surface area (Å²) in [5.41, 5.74) is 6.43. The SMILES string of the molecule is CC(C)(C)OC(=O)N1CCCC(Oc2ccc(NC(=S)/N=C(\N)SCC3(P)CCCCC3)cc2)C1. The van der Waals surface area contributed by atoms with E-state index in [0.717, 1.165) is 30.0 Å². The summed E-state index contributed by atoms with van der Waals surface area (Å²) >= 11 is 6.94. The van der Waals surface area contributed by atoms with Gasteiger partial charge in [0.25, 0.3) is 0 Å². The molecule has 0 spiro atoms. The number of carbonyl (C=O) groups excluding carboxylic acids is 1. The molecule has 1 saturated carbocycles. The Morgan fingerprint density at radius 1 is 1.26 bits per heavy atom. The second kappa shape index (κ2) is 12.6. The number of carbonyl (C=O) groups is 1. The van der Waals surface area contributed by atoms with Gasteiger partial charge < -0.3 is 25.4 Å². The van der Waals surface area contributed by atoms with Crippen LogP contribution < -0.4 is 15.8 Å². The normalized spacial score (nSPS) is 20.7. The first kappa shape index (κ1) is 28.0. The molecular weight excluding hydrogens is 499 g/mol. The van der Waals surface area contributed by atoms with Crippen LogP contribution in [0, 0.1) is 0 Å². The lowest BCUT2D eigenvalue weighted by atomic mass is 9.90. The molecule has 2 aliphatic rings. The lowest BCUT2D eigenvalue weighted by molar-refractivity contribution is 0.00776. The third-order valence-electron chi connectivity index (χ3n) is 6.01. The van der Waals surface area contributed by atoms with E-state index in [1.54, 1.807) is 16.7 Å². The number of amidine groups is 1. The number of rotatable bonds is 5. The zero-order chi connectivity index (χ0) is 25.5. The fourth-order valence-corrected chi connectivity index (χ4v) is 6.05. The standard InChI is InChI=1S/C25H39N4O3PS2/c1-24(2,3)32-23(30)29-15-7-8-20(16-29)31-19-11-9-18(10-12-19)27-22(34)28-21(26)35-17-25(33)13-5-4-6-14-25/h9-12,20H,4-8,13-17,33H2,1-3H3,(H3,26,27,28,34). The van der Waals surface area contributed by atoms with E-state index in [9.17, 15) is 4.79 Å². The van der Waals surface area contributed by atoms with E-state index in [2.05, 4.69) is 19.5 Å². The first-order valence-corrected chi connectivity index (χ1v) is 14.3. The van der Waals surface area contributed by atoms with Crippen LogP contribution in [0.25, 0.3) is 0 Å². The molecule has 2 unspecified atom stereocenters. The minimum absolute atomic E-state index is 0.0678. The van der Waals surface area contributed by atoms with Gasteiger partial charge in [0, 0.05) is 18.0 Å². The predicted octanol–water partition coefficient (Wildman–Crippen LogP) is 5.79. The first-order valence-electron chi connectivity index (χ1n) is 12.3. The van der Waals surface area contributed by atoms with Crippen molar-refractivity contribution in [3.8, 4) is 5.75 Å². The van der Waals surface area contributed by atoms with Gasteiger partial charge in [0.1, 0.15) is 17.5 Å². The second-order valence-corrected chi connectivity index (χ2v) is 13.0. The van der Waals surface area contributed by atoms with Gasteiger partial charge in [0.15, 0.2) is 10.3 Å². The van der Waals surface area contributed by atoms with Crippen LogP contribution in [0.3, 0.4) is 0 Å². The zero-order valence-electron chi connectivity index (χ0n) is 21.0. The van der Waals surface area contributed by atoms with Crippen LogP contribution in [0.15, 0.2) is 29.3 Å². The Morgan fingerprint density at radius 3 is 2.60 bits per heavy atom. The number of nitrogens with two attached hydrogens (primary N) is 1. The maximum absolute atomic E-state index is 12.4. The summed E-state index contributed by atoms with van der Waals surface area (Å²) in [7, 11) is 3.03. The molecule has 1 aliphatic heterocycles. The smallest absolute Gasteiger partial charge is 0.410 e. The van der Waals surface area contributed by atoms with Crippen molar-refractivity contribution in [1.29, 1.82) is 0 Å². The lowest BCUT2D eigenvalue weighted by Gasteiger charge is -2.34. The average Bonchev–Trinajstić information content (AvgIpc) is 2.79. The zero-order valence-corrected chi connectivity index (χ0v) is 23.8. The number of ether oxygens (including phenoxy) is 2. The number of aliphatic imine (C=N–C) groups is 1. The number of nitrogens with one attached hydrogen (secondary N) is 1. The summed E-state index contributed by atoms with van der Waals surface area (Å²) in [6.45, 7) is 6.83. The van der Waals surface area contributed by atoms with Crippen LogP contribution in [0.2, 0.25) is 0 Å². The Labute approximate surface area is 221 Å². The molecular formula is C25H39N4O3PS2. The molecule has 1 amide bonds. The molecule has 1 aliphatic carbocycles. The second-order valence-electron chi connectivity index (χ2n) is 10.4. The fraction of sp³-hybridized carbons (Fsp3) is 0.640. The average molecular weight is 539 g/mol. The fourth-order valence-electron chi connectivity index (χ4n) is 4.24. The lowest BCUT2D eigenvalue weighted by Crippen LogP contribution is -2.46. The van der Waals surface area contributed by atoms with Crippen LogP contribution in [-0.4, -0.2) is 57.0 Å². The molecule has 194 valence electrons. The molecule has 1 heterocycles. The van der Waals surface area contributed by atoms with E-state index in [0.29, 0.717) is 23.4 Å². The third-order valence-corrected chi connectivity index (χ3v) is 8.38. The number of likely N-dealkylation sites (tertiary alicyclic amines) is 1. The van der Waals surface area contributed by atoms with Gasteiger partial charge in [-0.05, 0) is 88.1 Å². The van der Waals surface area contributed by atoms with Gasteiger partial charge in [-0.3, -0.25) is 0 Å². The molecule has 0 aromatic heterocycles. The third kappa shape index (κ3) is 9.77. The Kier molecular flexibility index (Phi) is 10.1. The Bertz CT molecular complexity index is 899. The molecule has 0 bridgehead atoms. The summed E-state index contributed by atoms with van der Waals surface area (Å²) in [6, 6.07) is 7.57. The quantitative estimate of drug-likeness (QED) is 0.212. The molecule has 2 atom stereocenters. The highest BCUT2D eigenvalue weighted by Crippen LogP contribution is 2.38. The van der Waals surface area contributed by atoms with Crippen LogP contribution in [0.4, 0.5) is 10.5 Å². The number of thioether (sulfide) groups is 1. The van der Waals surface area contributed by atoms with Crippen molar-refractivity contribution in [3.63, 3.8) is 0 Å². The number of nitrogens with zero attached hydrogens (tertiary/aromatic N) is 2. The van der Waals surface area contributed by atoms with E-state index in [1.807, 2.05) is 45.0 Å². The molecule has 2 fully saturated rings.